The molecule has 1 N–H and O–H groups in total. The zero-order chi connectivity index (χ0) is 25.2. The Hall–Kier alpha value is -2.15. The lowest BCUT2D eigenvalue weighted by atomic mass is 9.33. The Balaban J connectivity index is 1.88. The molecule has 0 aromatic rings. The summed E-state index contributed by atoms with van der Waals surface area (Å²) in [5.41, 5.74) is -3.80. The number of rotatable bonds is 2. The molecule has 3 fully saturated rings. The van der Waals surface area contributed by atoms with E-state index in [4.69, 9.17) is 14.2 Å². The lowest BCUT2D eigenvalue weighted by molar-refractivity contribution is -0.213. The summed E-state index contributed by atoms with van der Waals surface area (Å²) in [5, 5.41) is 10.9. The van der Waals surface area contributed by atoms with Crippen LogP contribution in [0, 0.1) is 38.9 Å². The summed E-state index contributed by atoms with van der Waals surface area (Å²) >= 11 is 0. The fourth-order valence-electron chi connectivity index (χ4n) is 9.46. The summed E-state index contributed by atoms with van der Waals surface area (Å²) in [5.74, 6) is -1.18. The van der Waals surface area contributed by atoms with Crippen LogP contribution in [-0.2, 0) is 28.6 Å². The fourth-order valence-corrected chi connectivity index (χ4v) is 9.46. The van der Waals surface area contributed by atoms with Gasteiger partial charge in [-0.2, -0.15) is 0 Å². The molecule has 34 heavy (non-hydrogen) atoms. The van der Waals surface area contributed by atoms with E-state index >= 15 is 0 Å². The number of aliphatic hydroxyl groups excluding tert-OH is 1. The molecule has 5 aliphatic rings. The van der Waals surface area contributed by atoms with E-state index < -0.39 is 45.3 Å². The molecular weight excluding hydrogens is 436 g/mol. The van der Waals surface area contributed by atoms with Crippen molar-refractivity contribution in [3.63, 3.8) is 0 Å². The van der Waals surface area contributed by atoms with Crippen molar-refractivity contribution in [3.8, 4) is 0 Å². The first-order valence-electron chi connectivity index (χ1n) is 12.2. The third-order valence-electron chi connectivity index (χ3n) is 10.9. The molecule has 0 radical (unpaired) electrons. The van der Waals surface area contributed by atoms with Crippen LogP contribution < -0.4 is 0 Å². The maximum Gasteiger partial charge on any atom is 0.321 e. The zero-order valence-corrected chi connectivity index (χ0v) is 21.4. The zero-order valence-electron chi connectivity index (χ0n) is 21.4. The van der Waals surface area contributed by atoms with Crippen molar-refractivity contribution in [1.29, 1.82) is 0 Å². The number of hydrogen-bond donors (Lipinski definition) is 1. The molecule has 0 spiro atoms. The van der Waals surface area contributed by atoms with Crippen molar-refractivity contribution < 1.29 is 33.7 Å². The molecule has 0 aromatic heterocycles. The van der Waals surface area contributed by atoms with E-state index in [2.05, 4.69) is 6.08 Å². The average molecular weight is 473 g/mol. The van der Waals surface area contributed by atoms with Gasteiger partial charge in [0.1, 0.15) is 17.3 Å². The second kappa shape index (κ2) is 6.54. The minimum atomic E-state index is -1.43. The fraction of sp³-hybridized carbons (Fsp3) is 0.741. The summed E-state index contributed by atoms with van der Waals surface area (Å²) in [4.78, 5) is 41.6. The molecule has 0 aromatic carbocycles. The molecule has 7 nitrogen and oxygen atoms in total. The van der Waals surface area contributed by atoms with Crippen LogP contribution in [0.1, 0.15) is 60.8 Å². The largest absolute Gasteiger partial charge is 0.499 e. The number of allylic oxidation sites excluding steroid dienone is 3. The molecule has 8 atom stereocenters. The van der Waals surface area contributed by atoms with Gasteiger partial charge in [0, 0.05) is 22.8 Å². The summed E-state index contributed by atoms with van der Waals surface area (Å²) in [6, 6.07) is 0. The Kier molecular flexibility index (Phi) is 4.53. The van der Waals surface area contributed by atoms with E-state index in [1.165, 1.54) is 14.2 Å². The monoisotopic (exact) mass is 472 g/mol. The van der Waals surface area contributed by atoms with Crippen LogP contribution >= 0.6 is 0 Å². The third-order valence-corrected chi connectivity index (χ3v) is 10.9. The molecule has 2 bridgehead atoms. The van der Waals surface area contributed by atoms with Crippen molar-refractivity contribution in [2.75, 3.05) is 14.2 Å². The standard InChI is InChI=1S/C27H36O7/c1-13-11-16-24(5,27(22(31)33-8)20(32-7)14(2)19(29)25(13,27)6)12-15-18-23(3,4)17(28)9-10-26(16,18)21(30)34-15/h11,15-18,28H,9-10,12H2,1-8H3/t15-,16?,17-,18?,24-,25-,26+,27+/m0/s1. The maximum atomic E-state index is 14.0. The predicted octanol–water partition coefficient (Wildman–Crippen LogP) is 3.35. The molecule has 4 aliphatic carbocycles. The maximum absolute atomic E-state index is 14.0. The van der Waals surface area contributed by atoms with Gasteiger partial charge in [-0.25, -0.2) is 0 Å². The van der Waals surface area contributed by atoms with Gasteiger partial charge >= 0.3 is 11.9 Å². The molecule has 1 saturated heterocycles. The Bertz CT molecular complexity index is 1080. The van der Waals surface area contributed by atoms with Gasteiger partial charge in [-0.15, -0.1) is 0 Å². The number of ketones is 1. The number of Topliss-reactive ketones (excluding diaryl/α,β-unsaturated/α-hetero) is 1. The van der Waals surface area contributed by atoms with Gasteiger partial charge in [0.25, 0.3) is 0 Å². The quantitative estimate of drug-likeness (QED) is 0.486. The Labute approximate surface area is 200 Å². The van der Waals surface area contributed by atoms with Gasteiger partial charge in [-0.1, -0.05) is 32.4 Å². The SMILES string of the molecule is COC(=O)[C@@]12C(OC)=C(C)C(=O)[C@]1(C)C(C)=CC1[C@]34CC[C@H](O)C(C)(C)C3[C@H](C[C@@]12C)OC4=O. The molecule has 186 valence electrons. The van der Waals surface area contributed by atoms with Gasteiger partial charge in [-0.05, 0) is 45.4 Å². The number of esters is 2. The molecule has 1 aliphatic heterocycles. The van der Waals surface area contributed by atoms with Crippen molar-refractivity contribution >= 4 is 17.7 Å². The summed E-state index contributed by atoms with van der Waals surface area (Å²) < 4.78 is 17.4. The minimum absolute atomic E-state index is 0.151. The van der Waals surface area contributed by atoms with Gasteiger partial charge in [0.15, 0.2) is 5.78 Å². The van der Waals surface area contributed by atoms with Crippen LogP contribution in [0.3, 0.4) is 0 Å². The third kappa shape index (κ3) is 2.02. The van der Waals surface area contributed by atoms with Gasteiger partial charge in [0.2, 0.25) is 0 Å². The molecule has 5 rings (SSSR count). The smallest absolute Gasteiger partial charge is 0.321 e. The second-order valence-corrected chi connectivity index (χ2v) is 12.1. The van der Waals surface area contributed by atoms with Crippen molar-refractivity contribution in [1.82, 2.24) is 0 Å². The van der Waals surface area contributed by atoms with E-state index in [-0.39, 0.29) is 23.6 Å². The number of ether oxygens (including phenoxy) is 3. The molecule has 0 amide bonds. The molecular formula is C27H36O7. The minimum Gasteiger partial charge on any atom is -0.499 e. The summed E-state index contributed by atoms with van der Waals surface area (Å²) in [6.45, 7) is 11.4. The van der Waals surface area contributed by atoms with E-state index in [0.717, 1.165) is 5.57 Å². The number of hydrogen-bond acceptors (Lipinski definition) is 7. The van der Waals surface area contributed by atoms with Crippen LogP contribution in [0.4, 0.5) is 0 Å². The average Bonchev–Trinajstić information content (AvgIpc) is 3.13. The number of aliphatic hydroxyl groups is 1. The number of methoxy groups -OCH3 is 2. The predicted molar refractivity (Wildman–Crippen MR) is 122 cm³/mol. The molecule has 7 heteroatoms. The van der Waals surface area contributed by atoms with Crippen LogP contribution in [0.2, 0.25) is 0 Å². The highest BCUT2D eigenvalue weighted by molar-refractivity contribution is 6.11. The van der Waals surface area contributed by atoms with E-state index in [0.29, 0.717) is 30.6 Å². The first-order valence-corrected chi connectivity index (χ1v) is 12.2. The van der Waals surface area contributed by atoms with Crippen LogP contribution in [0.15, 0.2) is 23.0 Å². The van der Waals surface area contributed by atoms with Crippen molar-refractivity contribution in [2.24, 2.45) is 38.9 Å². The number of carbonyl (C=O) groups excluding carboxylic acids is 3. The molecule has 1 heterocycles. The van der Waals surface area contributed by atoms with Crippen molar-refractivity contribution in [3.05, 3.63) is 23.0 Å². The first kappa shape index (κ1) is 23.6. The van der Waals surface area contributed by atoms with Crippen LogP contribution in [-0.4, -0.2) is 49.3 Å². The van der Waals surface area contributed by atoms with E-state index in [1.54, 1.807) is 6.92 Å². The topological polar surface area (TPSA) is 99.1 Å². The highest BCUT2D eigenvalue weighted by atomic mass is 16.6. The van der Waals surface area contributed by atoms with Gasteiger partial charge in [-0.3, -0.25) is 14.4 Å². The number of fused-ring (bicyclic) bond motifs is 3. The highest BCUT2D eigenvalue weighted by Gasteiger charge is 2.84. The van der Waals surface area contributed by atoms with Gasteiger partial charge < -0.3 is 19.3 Å². The lowest BCUT2D eigenvalue weighted by Crippen LogP contribution is -2.70. The highest BCUT2D eigenvalue weighted by Crippen LogP contribution is 2.79. The van der Waals surface area contributed by atoms with Crippen molar-refractivity contribution in [2.45, 2.75) is 73.0 Å². The summed E-state index contributed by atoms with van der Waals surface area (Å²) in [7, 11) is 2.84. The Morgan fingerprint density at radius 2 is 1.79 bits per heavy atom. The van der Waals surface area contributed by atoms with E-state index in [1.807, 2.05) is 34.6 Å². The molecule has 2 unspecified atom stereocenters. The second-order valence-electron chi connectivity index (χ2n) is 12.1. The summed E-state index contributed by atoms with van der Waals surface area (Å²) in [6.07, 6.45) is 2.34. The normalized spacial score (nSPS) is 48.4. The molecule has 2 saturated carbocycles. The van der Waals surface area contributed by atoms with Crippen LogP contribution in [0.25, 0.3) is 0 Å². The first-order chi connectivity index (χ1) is 15.7. The number of carbonyl (C=O) groups is 3. The Morgan fingerprint density at radius 3 is 2.38 bits per heavy atom. The van der Waals surface area contributed by atoms with Gasteiger partial charge in [0.05, 0.1) is 31.2 Å². The lowest BCUT2D eigenvalue weighted by Gasteiger charge is -2.66. The van der Waals surface area contributed by atoms with Crippen LogP contribution in [0.5, 0.6) is 0 Å². The van der Waals surface area contributed by atoms with E-state index in [9.17, 15) is 19.5 Å². The Morgan fingerprint density at radius 1 is 1.15 bits per heavy atom.